The van der Waals surface area contributed by atoms with Gasteiger partial charge in [0.05, 0.1) is 34.6 Å². The third kappa shape index (κ3) is 3.65. The molecule has 1 aliphatic heterocycles. The van der Waals surface area contributed by atoms with E-state index in [1.54, 1.807) is 42.9 Å². The average molecular weight is 441 g/mol. The van der Waals surface area contributed by atoms with E-state index >= 15 is 0 Å². The zero-order chi connectivity index (χ0) is 22.3. The van der Waals surface area contributed by atoms with Gasteiger partial charge in [-0.25, -0.2) is 14.2 Å². The highest BCUT2D eigenvalue weighted by Gasteiger charge is 2.33. The summed E-state index contributed by atoms with van der Waals surface area (Å²) in [4.78, 5) is 31.2. The summed E-state index contributed by atoms with van der Waals surface area (Å²) >= 11 is 1.24. The van der Waals surface area contributed by atoms with Gasteiger partial charge in [-0.15, -0.1) is 0 Å². The van der Waals surface area contributed by atoms with Crippen molar-refractivity contribution >= 4 is 23.4 Å². The number of halogens is 1. The quantitative estimate of drug-likeness (QED) is 0.582. The molecule has 0 radical (unpaired) electrons. The number of allylic oxidation sites excluding steroid dienone is 1. The van der Waals surface area contributed by atoms with Crippen LogP contribution in [0.15, 0.2) is 51.5 Å². The Kier molecular flexibility index (Phi) is 5.45. The molecule has 0 aliphatic carbocycles. The first-order chi connectivity index (χ1) is 14.8. The molecule has 1 aromatic carbocycles. The molecule has 0 unspecified atom stereocenters. The molecule has 4 rings (SSSR count). The standard InChI is InChI=1S/C22H21FN4O3S/c1-5-30-21(29)18-12(2)25-22-27(19(18)14-6-8-16(23)9-7-14)20(28)17(31-22)10-15-11-24-26(4)13(15)3/h6-11,19H,5H2,1-4H3/b17-10+/t19-/m0/s1. The van der Waals surface area contributed by atoms with Crippen LogP contribution >= 0.6 is 11.3 Å². The van der Waals surface area contributed by atoms with Crippen molar-refractivity contribution in [2.45, 2.75) is 26.8 Å². The fourth-order valence-corrected chi connectivity index (χ4v) is 4.59. The fourth-order valence-electron chi connectivity index (χ4n) is 3.55. The van der Waals surface area contributed by atoms with Gasteiger partial charge in [0.2, 0.25) is 0 Å². The van der Waals surface area contributed by atoms with Crippen molar-refractivity contribution in [3.05, 3.63) is 84.1 Å². The lowest BCUT2D eigenvalue weighted by Gasteiger charge is -2.24. The van der Waals surface area contributed by atoms with Crippen molar-refractivity contribution in [3.8, 4) is 0 Å². The fraction of sp³-hybridized carbons (Fsp3) is 0.273. The molecule has 3 heterocycles. The molecule has 0 saturated carbocycles. The van der Waals surface area contributed by atoms with Crippen molar-refractivity contribution in [2.75, 3.05) is 6.61 Å². The molecule has 0 fully saturated rings. The molecule has 0 spiro atoms. The van der Waals surface area contributed by atoms with Gasteiger partial charge in [-0.2, -0.15) is 5.10 Å². The Morgan fingerprint density at radius 3 is 2.61 bits per heavy atom. The van der Waals surface area contributed by atoms with Gasteiger partial charge >= 0.3 is 5.97 Å². The van der Waals surface area contributed by atoms with Crippen LogP contribution in [0.3, 0.4) is 0 Å². The molecule has 0 amide bonds. The molecule has 0 saturated heterocycles. The van der Waals surface area contributed by atoms with E-state index in [0.29, 0.717) is 20.6 Å². The van der Waals surface area contributed by atoms with Gasteiger partial charge in [-0.3, -0.25) is 14.0 Å². The first-order valence-corrected chi connectivity index (χ1v) is 10.6. The van der Waals surface area contributed by atoms with Crippen LogP contribution in [0.4, 0.5) is 4.39 Å². The van der Waals surface area contributed by atoms with Gasteiger partial charge in [0.15, 0.2) is 4.80 Å². The molecule has 1 atom stereocenters. The smallest absolute Gasteiger partial charge is 0.338 e. The molecule has 1 aliphatic rings. The van der Waals surface area contributed by atoms with Gasteiger partial charge in [-0.1, -0.05) is 23.5 Å². The first kappa shape index (κ1) is 20.9. The normalized spacial score (nSPS) is 16.3. The van der Waals surface area contributed by atoms with E-state index in [-0.39, 0.29) is 17.7 Å². The van der Waals surface area contributed by atoms with Crippen molar-refractivity contribution in [3.63, 3.8) is 0 Å². The Bertz CT molecular complexity index is 1380. The SMILES string of the molecule is CCOC(=O)C1=C(C)N=c2s/c(=C/c3cnn(C)c3C)c(=O)n2[C@H]1c1ccc(F)cc1. The number of thiazole rings is 1. The molecule has 160 valence electrons. The Morgan fingerprint density at radius 2 is 2.00 bits per heavy atom. The highest BCUT2D eigenvalue weighted by Crippen LogP contribution is 2.30. The van der Waals surface area contributed by atoms with E-state index in [2.05, 4.69) is 10.1 Å². The Morgan fingerprint density at radius 1 is 1.29 bits per heavy atom. The summed E-state index contributed by atoms with van der Waals surface area (Å²) in [6.45, 7) is 5.54. The summed E-state index contributed by atoms with van der Waals surface area (Å²) < 4.78 is 22.5. The molecular formula is C22H21FN4O3S. The van der Waals surface area contributed by atoms with E-state index < -0.39 is 17.8 Å². The second kappa shape index (κ2) is 8.07. The van der Waals surface area contributed by atoms with Gasteiger partial charge < -0.3 is 4.74 Å². The maximum atomic E-state index is 13.6. The Hall–Kier alpha value is -3.33. The van der Waals surface area contributed by atoms with Crippen LogP contribution in [0, 0.1) is 12.7 Å². The molecule has 9 heteroatoms. The van der Waals surface area contributed by atoms with E-state index in [4.69, 9.17) is 4.74 Å². The number of hydrogen-bond acceptors (Lipinski definition) is 6. The maximum absolute atomic E-state index is 13.6. The lowest BCUT2D eigenvalue weighted by atomic mass is 9.96. The van der Waals surface area contributed by atoms with Crippen LogP contribution in [0.25, 0.3) is 6.08 Å². The minimum atomic E-state index is -0.756. The van der Waals surface area contributed by atoms with Gasteiger partial charge in [0.25, 0.3) is 5.56 Å². The largest absolute Gasteiger partial charge is 0.463 e. The van der Waals surface area contributed by atoms with E-state index in [1.165, 1.54) is 28.0 Å². The zero-order valence-electron chi connectivity index (χ0n) is 17.5. The second-order valence-corrected chi connectivity index (χ2v) is 8.17. The van der Waals surface area contributed by atoms with Crippen molar-refractivity contribution in [1.29, 1.82) is 0 Å². The maximum Gasteiger partial charge on any atom is 0.338 e. The average Bonchev–Trinajstić information content (AvgIpc) is 3.21. The minimum absolute atomic E-state index is 0.191. The van der Waals surface area contributed by atoms with Crippen LogP contribution in [0.5, 0.6) is 0 Å². The first-order valence-electron chi connectivity index (χ1n) is 9.75. The van der Waals surface area contributed by atoms with Gasteiger partial charge in [0.1, 0.15) is 5.82 Å². The number of carbonyl (C=O) groups is 1. The number of fused-ring (bicyclic) bond motifs is 1. The number of rotatable bonds is 4. The number of esters is 1. The zero-order valence-corrected chi connectivity index (χ0v) is 18.4. The summed E-state index contributed by atoms with van der Waals surface area (Å²) in [5.41, 5.74) is 2.81. The van der Waals surface area contributed by atoms with Gasteiger partial charge in [0, 0.05) is 18.3 Å². The third-order valence-corrected chi connectivity index (χ3v) is 6.25. The molecule has 0 N–H and O–H groups in total. The van der Waals surface area contributed by atoms with Crippen molar-refractivity contribution in [2.24, 2.45) is 12.0 Å². The Balaban J connectivity index is 1.97. The highest BCUT2D eigenvalue weighted by molar-refractivity contribution is 7.07. The number of aromatic nitrogens is 3. The number of benzene rings is 1. The van der Waals surface area contributed by atoms with Crippen LogP contribution in [-0.4, -0.2) is 26.9 Å². The second-order valence-electron chi connectivity index (χ2n) is 7.16. The molecule has 2 aromatic heterocycles. The summed E-state index contributed by atoms with van der Waals surface area (Å²) in [5, 5.41) is 4.22. The number of aryl methyl sites for hydroxylation is 1. The summed E-state index contributed by atoms with van der Waals surface area (Å²) in [6, 6.07) is 5.00. The number of nitrogens with zero attached hydrogens (tertiary/aromatic N) is 4. The predicted molar refractivity (Wildman–Crippen MR) is 115 cm³/mol. The monoisotopic (exact) mass is 440 g/mol. The predicted octanol–water partition coefficient (Wildman–Crippen LogP) is 1.98. The van der Waals surface area contributed by atoms with Crippen LogP contribution < -0.4 is 14.9 Å². The van der Waals surface area contributed by atoms with Crippen molar-refractivity contribution < 1.29 is 13.9 Å². The lowest BCUT2D eigenvalue weighted by Crippen LogP contribution is -2.39. The summed E-state index contributed by atoms with van der Waals surface area (Å²) in [7, 11) is 1.83. The van der Waals surface area contributed by atoms with E-state index in [9.17, 15) is 14.0 Å². The number of ether oxygens (including phenoxy) is 1. The molecule has 3 aromatic rings. The Labute approximate surface area is 181 Å². The topological polar surface area (TPSA) is 78.5 Å². The van der Waals surface area contributed by atoms with E-state index in [1.807, 2.05) is 14.0 Å². The minimum Gasteiger partial charge on any atom is -0.463 e. The van der Waals surface area contributed by atoms with Crippen molar-refractivity contribution in [1.82, 2.24) is 14.3 Å². The van der Waals surface area contributed by atoms with E-state index in [0.717, 1.165) is 11.3 Å². The number of carbonyl (C=O) groups excluding carboxylic acids is 1. The number of hydrogen-bond donors (Lipinski definition) is 0. The van der Waals surface area contributed by atoms with Crippen LogP contribution in [-0.2, 0) is 16.6 Å². The molecule has 31 heavy (non-hydrogen) atoms. The lowest BCUT2D eigenvalue weighted by molar-refractivity contribution is -0.139. The van der Waals surface area contributed by atoms with Crippen LogP contribution in [0.1, 0.15) is 36.7 Å². The summed E-state index contributed by atoms with van der Waals surface area (Å²) in [5.74, 6) is -0.947. The van der Waals surface area contributed by atoms with Crippen LogP contribution in [0.2, 0.25) is 0 Å². The molecule has 0 bridgehead atoms. The molecular weight excluding hydrogens is 419 g/mol. The summed E-state index contributed by atoms with van der Waals surface area (Å²) in [6.07, 6.45) is 3.47. The third-order valence-electron chi connectivity index (χ3n) is 5.26. The van der Waals surface area contributed by atoms with Gasteiger partial charge in [-0.05, 0) is 44.5 Å². The highest BCUT2D eigenvalue weighted by atomic mass is 32.1. The molecule has 7 nitrogen and oxygen atoms in total.